The Kier molecular flexibility index (Phi) is 5.75. The SMILES string of the molecule is CCOc1ccc([C@H](C)NC(=O)c2cc(-c3ccccc3)nc3ccccc23)cc1. The fourth-order valence-electron chi connectivity index (χ4n) is 3.50. The van der Waals surface area contributed by atoms with E-state index in [1.807, 2.05) is 98.8 Å². The van der Waals surface area contributed by atoms with E-state index < -0.39 is 0 Å². The van der Waals surface area contributed by atoms with Crippen molar-refractivity contribution in [2.75, 3.05) is 6.61 Å². The molecule has 0 unspecified atom stereocenters. The van der Waals surface area contributed by atoms with Gasteiger partial charge in [-0.15, -0.1) is 0 Å². The zero-order valence-electron chi connectivity index (χ0n) is 17.1. The molecular weight excluding hydrogens is 372 g/mol. The third kappa shape index (κ3) is 4.18. The summed E-state index contributed by atoms with van der Waals surface area (Å²) in [6.45, 7) is 4.57. The number of carbonyl (C=O) groups excluding carboxylic acids is 1. The van der Waals surface area contributed by atoms with E-state index in [0.717, 1.165) is 33.5 Å². The Morgan fingerprint density at radius 2 is 1.67 bits per heavy atom. The normalized spacial score (nSPS) is 11.8. The van der Waals surface area contributed by atoms with Crippen LogP contribution in [0.3, 0.4) is 0 Å². The van der Waals surface area contributed by atoms with Crippen molar-refractivity contribution in [3.63, 3.8) is 0 Å². The van der Waals surface area contributed by atoms with E-state index in [2.05, 4.69) is 5.32 Å². The molecule has 4 rings (SSSR count). The number of para-hydroxylation sites is 1. The highest BCUT2D eigenvalue weighted by molar-refractivity contribution is 6.07. The molecule has 1 atom stereocenters. The molecule has 0 bridgehead atoms. The van der Waals surface area contributed by atoms with Crippen LogP contribution in [0.15, 0.2) is 84.9 Å². The molecule has 4 nitrogen and oxygen atoms in total. The van der Waals surface area contributed by atoms with Crippen LogP contribution in [0, 0.1) is 0 Å². The van der Waals surface area contributed by atoms with Gasteiger partial charge in [0, 0.05) is 10.9 Å². The first-order valence-electron chi connectivity index (χ1n) is 10.1. The molecule has 3 aromatic carbocycles. The maximum atomic E-state index is 13.2. The summed E-state index contributed by atoms with van der Waals surface area (Å²) >= 11 is 0. The van der Waals surface area contributed by atoms with E-state index in [0.29, 0.717) is 12.2 Å². The van der Waals surface area contributed by atoms with Gasteiger partial charge in [0.25, 0.3) is 5.91 Å². The average Bonchev–Trinajstić information content (AvgIpc) is 2.79. The molecule has 30 heavy (non-hydrogen) atoms. The number of pyridine rings is 1. The van der Waals surface area contributed by atoms with Crippen LogP contribution < -0.4 is 10.1 Å². The Morgan fingerprint density at radius 3 is 2.40 bits per heavy atom. The highest BCUT2D eigenvalue weighted by Crippen LogP contribution is 2.26. The summed E-state index contributed by atoms with van der Waals surface area (Å²) in [6.07, 6.45) is 0. The van der Waals surface area contributed by atoms with Crippen LogP contribution in [0.5, 0.6) is 5.75 Å². The van der Waals surface area contributed by atoms with Gasteiger partial charge in [-0.05, 0) is 43.7 Å². The molecule has 0 aliphatic heterocycles. The van der Waals surface area contributed by atoms with E-state index in [1.54, 1.807) is 0 Å². The lowest BCUT2D eigenvalue weighted by Gasteiger charge is -2.16. The summed E-state index contributed by atoms with van der Waals surface area (Å²) in [6, 6.07) is 27.2. The van der Waals surface area contributed by atoms with Gasteiger partial charge < -0.3 is 10.1 Å². The highest BCUT2D eigenvalue weighted by atomic mass is 16.5. The van der Waals surface area contributed by atoms with E-state index in [-0.39, 0.29) is 11.9 Å². The van der Waals surface area contributed by atoms with Crippen molar-refractivity contribution in [1.82, 2.24) is 10.3 Å². The largest absolute Gasteiger partial charge is 0.494 e. The number of ether oxygens (including phenoxy) is 1. The van der Waals surface area contributed by atoms with Crippen molar-refractivity contribution in [2.45, 2.75) is 19.9 Å². The summed E-state index contributed by atoms with van der Waals surface area (Å²) in [5.41, 5.74) is 4.22. The summed E-state index contributed by atoms with van der Waals surface area (Å²) in [7, 11) is 0. The van der Waals surface area contributed by atoms with Gasteiger partial charge in [0.15, 0.2) is 0 Å². The van der Waals surface area contributed by atoms with Gasteiger partial charge in [0.2, 0.25) is 0 Å². The number of benzene rings is 3. The number of rotatable bonds is 6. The topological polar surface area (TPSA) is 51.2 Å². The second kappa shape index (κ2) is 8.78. The maximum absolute atomic E-state index is 13.2. The molecule has 0 radical (unpaired) electrons. The van der Waals surface area contributed by atoms with Gasteiger partial charge >= 0.3 is 0 Å². The Labute approximate surface area is 176 Å². The smallest absolute Gasteiger partial charge is 0.252 e. The lowest BCUT2D eigenvalue weighted by Crippen LogP contribution is -2.27. The number of aromatic nitrogens is 1. The van der Waals surface area contributed by atoms with Crippen molar-refractivity contribution < 1.29 is 9.53 Å². The summed E-state index contributed by atoms with van der Waals surface area (Å²) in [5.74, 6) is 0.708. The van der Waals surface area contributed by atoms with Crippen LogP contribution in [0.25, 0.3) is 22.2 Å². The molecule has 0 saturated heterocycles. The van der Waals surface area contributed by atoms with Crippen LogP contribution in [-0.4, -0.2) is 17.5 Å². The number of amides is 1. The molecule has 4 aromatic rings. The van der Waals surface area contributed by atoms with E-state index in [4.69, 9.17) is 9.72 Å². The summed E-state index contributed by atoms with van der Waals surface area (Å²) in [5, 5.41) is 3.97. The highest BCUT2D eigenvalue weighted by Gasteiger charge is 2.16. The Hall–Kier alpha value is -3.66. The van der Waals surface area contributed by atoms with Gasteiger partial charge in [0.1, 0.15) is 5.75 Å². The molecule has 0 aliphatic carbocycles. The van der Waals surface area contributed by atoms with E-state index in [1.165, 1.54) is 0 Å². The lowest BCUT2D eigenvalue weighted by molar-refractivity contribution is 0.0941. The third-order valence-corrected chi connectivity index (χ3v) is 5.07. The number of fused-ring (bicyclic) bond motifs is 1. The first kappa shape index (κ1) is 19.6. The quantitative estimate of drug-likeness (QED) is 0.449. The van der Waals surface area contributed by atoms with Crippen LogP contribution in [0.1, 0.15) is 35.8 Å². The predicted octanol–water partition coefficient (Wildman–Crippen LogP) is 5.79. The van der Waals surface area contributed by atoms with Crippen LogP contribution in [-0.2, 0) is 0 Å². The van der Waals surface area contributed by atoms with E-state index in [9.17, 15) is 4.79 Å². The lowest BCUT2D eigenvalue weighted by atomic mass is 10.0. The number of carbonyl (C=O) groups is 1. The third-order valence-electron chi connectivity index (χ3n) is 5.07. The number of hydrogen-bond acceptors (Lipinski definition) is 3. The Bertz CT molecular complexity index is 1150. The predicted molar refractivity (Wildman–Crippen MR) is 121 cm³/mol. The van der Waals surface area contributed by atoms with Crippen LogP contribution >= 0.6 is 0 Å². The second-order valence-electron chi connectivity index (χ2n) is 7.14. The summed E-state index contributed by atoms with van der Waals surface area (Å²) in [4.78, 5) is 18.0. The minimum absolute atomic E-state index is 0.118. The van der Waals surface area contributed by atoms with E-state index >= 15 is 0 Å². The standard InChI is InChI=1S/C26H24N2O2/c1-3-30-21-15-13-19(14-16-21)18(2)27-26(29)23-17-25(20-9-5-4-6-10-20)28-24-12-8-7-11-22(23)24/h4-18H,3H2,1-2H3,(H,27,29)/t18-/m0/s1. The fourth-order valence-corrected chi connectivity index (χ4v) is 3.50. The van der Waals surface area contributed by atoms with Crippen LogP contribution in [0.2, 0.25) is 0 Å². The van der Waals surface area contributed by atoms with Crippen molar-refractivity contribution in [2.24, 2.45) is 0 Å². The molecule has 1 N–H and O–H groups in total. The average molecular weight is 396 g/mol. The number of nitrogens with one attached hydrogen (secondary N) is 1. The van der Waals surface area contributed by atoms with Crippen molar-refractivity contribution in [1.29, 1.82) is 0 Å². The van der Waals surface area contributed by atoms with Crippen LogP contribution in [0.4, 0.5) is 0 Å². The Morgan fingerprint density at radius 1 is 0.967 bits per heavy atom. The summed E-state index contributed by atoms with van der Waals surface area (Å²) < 4.78 is 5.50. The molecule has 0 aliphatic rings. The molecular formula is C26H24N2O2. The van der Waals surface area contributed by atoms with Gasteiger partial charge in [0.05, 0.1) is 29.4 Å². The zero-order chi connectivity index (χ0) is 20.9. The molecule has 4 heteroatoms. The Balaban J connectivity index is 1.65. The zero-order valence-corrected chi connectivity index (χ0v) is 17.1. The minimum Gasteiger partial charge on any atom is -0.494 e. The monoisotopic (exact) mass is 396 g/mol. The van der Waals surface area contributed by atoms with Gasteiger partial charge in [-0.2, -0.15) is 0 Å². The molecule has 0 fully saturated rings. The molecule has 0 saturated carbocycles. The van der Waals surface area contributed by atoms with Gasteiger partial charge in [-0.1, -0.05) is 60.7 Å². The number of nitrogens with zero attached hydrogens (tertiary/aromatic N) is 1. The van der Waals surface area contributed by atoms with Crippen molar-refractivity contribution >= 4 is 16.8 Å². The second-order valence-corrected chi connectivity index (χ2v) is 7.14. The van der Waals surface area contributed by atoms with Crippen molar-refractivity contribution in [3.8, 4) is 17.0 Å². The molecule has 1 amide bonds. The molecule has 1 heterocycles. The fraction of sp³-hybridized carbons (Fsp3) is 0.154. The molecule has 150 valence electrons. The minimum atomic E-state index is -0.139. The van der Waals surface area contributed by atoms with Gasteiger partial charge in [-0.3, -0.25) is 4.79 Å². The molecule has 0 spiro atoms. The maximum Gasteiger partial charge on any atom is 0.252 e. The first-order valence-corrected chi connectivity index (χ1v) is 10.1. The molecule has 1 aromatic heterocycles. The number of hydrogen-bond donors (Lipinski definition) is 1. The van der Waals surface area contributed by atoms with Gasteiger partial charge in [-0.25, -0.2) is 4.98 Å². The van der Waals surface area contributed by atoms with Crippen molar-refractivity contribution in [3.05, 3.63) is 96.1 Å². The first-order chi connectivity index (χ1) is 14.7.